The summed E-state index contributed by atoms with van der Waals surface area (Å²) in [7, 11) is 0. The van der Waals surface area contributed by atoms with Crippen molar-refractivity contribution in [1.82, 2.24) is 15.3 Å². The van der Waals surface area contributed by atoms with Crippen molar-refractivity contribution in [3.63, 3.8) is 0 Å². The minimum atomic E-state index is 0.0633. The van der Waals surface area contributed by atoms with Crippen molar-refractivity contribution in [2.75, 3.05) is 18.4 Å². The first kappa shape index (κ1) is 14.7. The van der Waals surface area contributed by atoms with Crippen LogP contribution >= 0.6 is 15.9 Å². The molecule has 1 amide bonds. The van der Waals surface area contributed by atoms with Gasteiger partial charge in [0.1, 0.15) is 5.52 Å². The highest BCUT2D eigenvalue weighted by atomic mass is 79.9. The molecule has 0 radical (unpaired) electrons. The quantitative estimate of drug-likeness (QED) is 0.851. The Morgan fingerprint density at radius 3 is 3.00 bits per heavy atom. The Labute approximate surface area is 126 Å². The number of hydrogen-bond acceptors (Lipinski definition) is 4. The van der Waals surface area contributed by atoms with Crippen molar-refractivity contribution >= 4 is 38.6 Å². The molecule has 0 bridgehead atoms. The van der Waals surface area contributed by atoms with Crippen molar-refractivity contribution in [3.8, 4) is 0 Å². The first-order chi connectivity index (χ1) is 9.70. The first-order valence-corrected chi connectivity index (χ1v) is 7.41. The third-order valence-electron chi connectivity index (χ3n) is 2.78. The number of nitrogens with one attached hydrogen (secondary N) is 2. The summed E-state index contributed by atoms with van der Waals surface area (Å²) in [5.41, 5.74) is 2.52. The van der Waals surface area contributed by atoms with Gasteiger partial charge in [-0.05, 0) is 34.5 Å². The van der Waals surface area contributed by atoms with Crippen LogP contribution in [0.1, 0.15) is 19.8 Å². The molecular formula is C14H17BrN4O. The zero-order chi connectivity index (χ0) is 14.4. The third kappa shape index (κ3) is 3.90. The van der Waals surface area contributed by atoms with E-state index in [2.05, 4.69) is 36.5 Å². The monoisotopic (exact) mass is 336 g/mol. The number of aromatic nitrogens is 2. The standard InChI is InChI=1S/C14H17BrN4O/c1-2-5-18-13(20)4-7-16-11-3-6-17-12-8-10(15)9-19-14(11)12/h3,6,8-9H,2,4-5,7H2,1H3,(H,16,17)(H,18,20). The Morgan fingerprint density at radius 1 is 1.35 bits per heavy atom. The maximum atomic E-state index is 11.5. The Balaban J connectivity index is 1.98. The van der Waals surface area contributed by atoms with Crippen LogP contribution in [0.3, 0.4) is 0 Å². The Morgan fingerprint density at radius 2 is 2.20 bits per heavy atom. The molecule has 0 unspecified atom stereocenters. The van der Waals surface area contributed by atoms with Crippen LogP contribution in [0.4, 0.5) is 5.69 Å². The number of carbonyl (C=O) groups excluding carboxylic acids is 1. The number of rotatable bonds is 6. The fraction of sp³-hybridized carbons (Fsp3) is 0.357. The van der Waals surface area contributed by atoms with Gasteiger partial charge in [0.15, 0.2) is 0 Å². The van der Waals surface area contributed by atoms with E-state index in [1.165, 1.54) is 0 Å². The van der Waals surface area contributed by atoms with Gasteiger partial charge in [0.2, 0.25) is 5.91 Å². The van der Waals surface area contributed by atoms with E-state index in [1.54, 1.807) is 12.4 Å². The molecule has 6 heteroatoms. The van der Waals surface area contributed by atoms with E-state index < -0.39 is 0 Å². The summed E-state index contributed by atoms with van der Waals surface area (Å²) in [6.07, 6.45) is 4.87. The van der Waals surface area contributed by atoms with Crippen molar-refractivity contribution in [2.24, 2.45) is 0 Å². The number of pyridine rings is 2. The first-order valence-electron chi connectivity index (χ1n) is 6.61. The largest absolute Gasteiger partial charge is 0.383 e. The fourth-order valence-corrected chi connectivity index (χ4v) is 2.13. The molecular weight excluding hydrogens is 320 g/mol. The lowest BCUT2D eigenvalue weighted by atomic mass is 10.2. The molecule has 0 atom stereocenters. The highest BCUT2D eigenvalue weighted by Crippen LogP contribution is 2.21. The summed E-state index contributed by atoms with van der Waals surface area (Å²) >= 11 is 3.38. The number of carbonyl (C=O) groups is 1. The molecule has 2 aromatic rings. The molecule has 0 aliphatic carbocycles. The Bertz CT molecular complexity index is 603. The van der Waals surface area contributed by atoms with Crippen LogP contribution in [-0.4, -0.2) is 29.0 Å². The highest BCUT2D eigenvalue weighted by molar-refractivity contribution is 9.10. The molecule has 2 N–H and O–H groups in total. The van der Waals surface area contributed by atoms with E-state index in [9.17, 15) is 4.79 Å². The number of amides is 1. The van der Waals surface area contributed by atoms with Gasteiger partial charge in [-0.2, -0.15) is 0 Å². The van der Waals surface area contributed by atoms with Gasteiger partial charge in [-0.25, -0.2) is 0 Å². The number of fused-ring (bicyclic) bond motifs is 1. The van der Waals surface area contributed by atoms with Crippen molar-refractivity contribution in [3.05, 3.63) is 29.0 Å². The molecule has 0 aliphatic rings. The molecule has 5 nitrogen and oxygen atoms in total. The Hall–Kier alpha value is -1.69. The Kier molecular flexibility index (Phi) is 5.29. The van der Waals surface area contributed by atoms with Crippen LogP contribution in [0.25, 0.3) is 11.0 Å². The predicted octanol–water partition coefficient (Wildman–Crippen LogP) is 2.72. The summed E-state index contributed by atoms with van der Waals surface area (Å²) in [6, 6.07) is 3.79. The van der Waals surface area contributed by atoms with E-state index in [1.807, 2.05) is 19.1 Å². The zero-order valence-electron chi connectivity index (χ0n) is 11.3. The second-order valence-corrected chi connectivity index (χ2v) is 5.32. The SMILES string of the molecule is CCCNC(=O)CCNc1ccnc2cc(Br)cnc12. The average molecular weight is 337 g/mol. The van der Waals surface area contributed by atoms with Crippen LogP contribution in [0, 0.1) is 0 Å². The van der Waals surface area contributed by atoms with Gasteiger partial charge in [-0.15, -0.1) is 0 Å². The molecule has 0 spiro atoms. The number of halogens is 1. The lowest BCUT2D eigenvalue weighted by Crippen LogP contribution is -2.25. The molecule has 0 fully saturated rings. The number of nitrogens with zero attached hydrogens (tertiary/aromatic N) is 2. The summed E-state index contributed by atoms with van der Waals surface area (Å²) in [5.74, 6) is 0.0633. The molecule has 0 aromatic carbocycles. The predicted molar refractivity (Wildman–Crippen MR) is 83.6 cm³/mol. The van der Waals surface area contributed by atoms with E-state index >= 15 is 0 Å². The smallest absolute Gasteiger partial charge is 0.221 e. The molecule has 106 valence electrons. The third-order valence-corrected chi connectivity index (χ3v) is 3.22. The molecule has 0 aliphatic heterocycles. The van der Waals surface area contributed by atoms with E-state index in [0.29, 0.717) is 13.0 Å². The summed E-state index contributed by atoms with van der Waals surface area (Å²) in [4.78, 5) is 20.1. The van der Waals surface area contributed by atoms with E-state index in [0.717, 1.165) is 34.2 Å². The summed E-state index contributed by atoms with van der Waals surface area (Å²) in [5, 5.41) is 6.09. The van der Waals surface area contributed by atoms with E-state index in [4.69, 9.17) is 0 Å². The van der Waals surface area contributed by atoms with Gasteiger partial charge < -0.3 is 10.6 Å². The summed E-state index contributed by atoms with van der Waals surface area (Å²) < 4.78 is 0.897. The van der Waals surface area contributed by atoms with Crippen LogP contribution in [-0.2, 0) is 4.79 Å². The van der Waals surface area contributed by atoms with E-state index in [-0.39, 0.29) is 5.91 Å². The average Bonchev–Trinajstić information content (AvgIpc) is 2.45. The van der Waals surface area contributed by atoms with Gasteiger partial charge in [-0.3, -0.25) is 14.8 Å². The highest BCUT2D eigenvalue weighted by Gasteiger charge is 2.05. The van der Waals surface area contributed by atoms with Crippen LogP contribution < -0.4 is 10.6 Å². The van der Waals surface area contributed by atoms with Crippen molar-refractivity contribution in [1.29, 1.82) is 0 Å². The maximum absolute atomic E-state index is 11.5. The van der Waals surface area contributed by atoms with Gasteiger partial charge in [0.25, 0.3) is 0 Å². The second-order valence-electron chi connectivity index (χ2n) is 4.41. The number of hydrogen-bond donors (Lipinski definition) is 2. The lowest BCUT2D eigenvalue weighted by molar-refractivity contribution is -0.120. The van der Waals surface area contributed by atoms with Crippen LogP contribution in [0.2, 0.25) is 0 Å². The normalized spacial score (nSPS) is 10.5. The van der Waals surface area contributed by atoms with Crippen molar-refractivity contribution < 1.29 is 4.79 Å². The fourth-order valence-electron chi connectivity index (χ4n) is 1.81. The molecule has 20 heavy (non-hydrogen) atoms. The van der Waals surface area contributed by atoms with Crippen molar-refractivity contribution in [2.45, 2.75) is 19.8 Å². The topological polar surface area (TPSA) is 66.9 Å². The van der Waals surface area contributed by atoms with Gasteiger partial charge in [0, 0.05) is 36.4 Å². The maximum Gasteiger partial charge on any atom is 0.221 e. The molecule has 2 aromatic heterocycles. The minimum Gasteiger partial charge on any atom is -0.383 e. The summed E-state index contributed by atoms with van der Waals surface area (Å²) in [6.45, 7) is 3.34. The van der Waals surface area contributed by atoms with Crippen LogP contribution in [0.15, 0.2) is 29.0 Å². The molecule has 0 saturated heterocycles. The number of anilines is 1. The molecule has 2 rings (SSSR count). The zero-order valence-corrected chi connectivity index (χ0v) is 12.9. The molecule has 2 heterocycles. The molecule has 0 saturated carbocycles. The lowest BCUT2D eigenvalue weighted by Gasteiger charge is -2.09. The van der Waals surface area contributed by atoms with Crippen LogP contribution in [0.5, 0.6) is 0 Å². The second kappa shape index (κ2) is 7.19. The minimum absolute atomic E-state index is 0.0633. The van der Waals surface area contributed by atoms with Gasteiger partial charge in [0.05, 0.1) is 11.2 Å². The van der Waals surface area contributed by atoms with Gasteiger partial charge in [-0.1, -0.05) is 6.92 Å². The van der Waals surface area contributed by atoms with Gasteiger partial charge >= 0.3 is 0 Å².